The van der Waals surface area contributed by atoms with Crippen LogP contribution >= 0.6 is 0 Å². The van der Waals surface area contributed by atoms with Crippen LogP contribution in [0.4, 0.5) is 4.39 Å². The summed E-state index contributed by atoms with van der Waals surface area (Å²) in [5.74, 6) is 0.269. The van der Waals surface area contributed by atoms with Crippen LogP contribution in [0.1, 0.15) is 30.4 Å². The van der Waals surface area contributed by atoms with Gasteiger partial charge in [0.1, 0.15) is 11.6 Å². The molecule has 0 saturated heterocycles. The van der Waals surface area contributed by atoms with Crippen molar-refractivity contribution in [3.05, 3.63) is 65.5 Å². The Labute approximate surface area is 164 Å². The molecule has 0 radical (unpaired) electrons. The van der Waals surface area contributed by atoms with Gasteiger partial charge in [-0.3, -0.25) is 9.59 Å². The Morgan fingerprint density at radius 1 is 0.929 bits per heavy atom. The number of hydrogen-bond donors (Lipinski definition) is 2. The first-order valence-corrected chi connectivity index (χ1v) is 9.61. The van der Waals surface area contributed by atoms with Gasteiger partial charge in [0, 0.05) is 19.0 Å². The van der Waals surface area contributed by atoms with Crippen LogP contribution in [0.2, 0.25) is 0 Å². The van der Waals surface area contributed by atoms with Crippen LogP contribution in [0, 0.1) is 5.82 Å². The van der Waals surface area contributed by atoms with Crippen molar-refractivity contribution in [2.75, 3.05) is 13.2 Å². The van der Waals surface area contributed by atoms with Crippen LogP contribution in [0.25, 0.3) is 0 Å². The van der Waals surface area contributed by atoms with Crippen molar-refractivity contribution in [3.63, 3.8) is 0 Å². The van der Waals surface area contributed by atoms with E-state index in [1.54, 1.807) is 12.1 Å². The lowest BCUT2D eigenvalue weighted by Gasteiger charge is -2.08. The van der Waals surface area contributed by atoms with Gasteiger partial charge in [-0.2, -0.15) is 0 Å². The van der Waals surface area contributed by atoms with Crippen LogP contribution in [0.5, 0.6) is 5.75 Å². The Hall–Kier alpha value is -2.89. The number of carbonyl (C=O) groups excluding carboxylic acids is 2. The maximum absolute atomic E-state index is 12.9. The van der Waals surface area contributed by atoms with Crippen molar-refractivity contribution in [1.29, 1.82) is 0 Å². The van der Waals surface area contributed by atoms with Crippen molar-refractivity contribution < 1.29 is 18.7 Å². The normalized spacial score (nSPS) is 13.0. The summed E-state index contributed by atoms with van der Waals surface area (Å²) in [5, 5.41) is 5.77. The van der Waals surface area contributed by atoms with Crippen LogP contribution in [0.3, 0.4) is 0 Å². The molecular formula is C22H25FN2O3. The fraction of sp³-hybridized carbons (Fsp3) is 0.364. The number of aryl methyl sites for hydroxylation is 1. The second-order valence-corrected chi connectivity index (χ2v) is 7.00. The summed E-state index contributed by atoms with van der Waals surface area (Å²) in [5.41, 5.74) is 2.02. The third-order valence-corrected chi connectivity index (χ3v) is 4.53. The van der Waals surface area contributed by atoms with Gasteiger partial charge in [-0.1, -0.05) is 24.3 Å². The molecule has 0 atom stereocenters. The summed E-state index contributed by atoms with van der Waals surface area (Å²) >= 11 is 0. The average molecular weight is 384 g/mol. The summed E-state index contributed by atoms with van der Waals surface area (Å²) in [6.45, 7) is 0.576. The van der Waals surface area contributed by atoms with Crippen molar-refractivity contribution in [2.45, 2.75) is 38.1 Å². The van der Waals surface area contributed by atoms with Gasteiger partial charge in [0.2, 0.25) is 5.91 Å². The predicted octanol–water partition coefficient (Wildman–Crippen LogP) is 2.77. The van der Waals surface area contributed by atoms with Crippen molar-refractivity contribution in [1.82, 2.24) is 10.6 Å². The molecule has 1 aliphatic rings. The fourth-order valence-electron chi connectivity index (χ4n) is 2.74. The number of carbonyl (C=O) groups is 2. The molecule has 1 aliphatic carbocycles. The molecule has 6 heteroatoms. The summed E-state index contributed by atoms with van der Waals surface area (Å²) in [6.07, 6.45) is 3.80. The number of rotatable bonds is 10. The molecule has 2 amide bonds. The molecule has 2 aromatic rings. The van der Waals surface area contributed by atoms with Crippen molar-refractivity contribution in [2.24, 2.45) is 0 Å². The Balaban J connectivity index is 1.31. The van der Waals surface area contributed by atoms with Crippen molar-refractivity contribution >= 4 is 11.8 Å². The lowest BCUT2D eigenvalue weighted by atomic mass is 10.1. The van der Waals surface area contributed by atoms with Gasteiger partial charge in [-0.25, -0.2) is 4.39 Å². The lowest BCUT2D eigenvalue weighted by Crippen LogP contribution is -2.30. The molecule has 0 aliphatic heterocycles. The topological polar surface area (TPSA) is 67.4 Å². The van der Waals surface area contributed by atoms with Gasteiger partial charge in [0.25, 0.3) is 5.91 Å². The molecule has 3 rings (SSSR count). The summed E-state index contributed by atoms with van der Waals surface area (Å²) in [4.78, 5) is 23.5. The molecule has 0 bridgehead atoms. The Kier molecular flexibility index (Phi) is 7.00. The summed E-state index contributed by atoms with van der Waals surface area (Å²) in [7, 11) is 0. The number of nitrogens with one attached hydrogen (secondary N) is 2. The minimum Gasteiger partial charge on any atom is -0.484 e. The van der Waals surface area contributed by atoms with Gasteiger partial charge in [0.15, 0.2) is 6.61 Å². The first kappa shape index (κ1) is 19.9. The van der Waals surface area contributed by atoms with E-state index in [1.165, 1.54) is 12.1 Å². The first-order chi connectivity index (χ1) is 13.6. The van der Waals surface area contributed by atoms with E-state index in [2.05, 4.69) is 10.6 Å². The van der Waals surface area contributed by atoms with Gasteiger partial charge in [0.05, 0.1) is 0 Å². The zero-order chi connectivity index (χ0) is 19.8. The van der Waals surface area contributed by atoms with E-state index in [1.807, 2.05) is 24.3 Å². The molecule has 148 valence electrons. The largest absolute Gasteiger partial charge is 0.484 e. The number of halogens is 1. The average Bonchev–Trinajstić information content (AvgIpc) is 3.51. The quantitative estimate of drug-likeness (QED) is 0.662. The van der Waals surface area contributed by atoms with E-state index in [0.29, 0.717) is 37.6 Å². The molecule has 28 heavy (non-hydrogen) atoms. The lowest BCUT2D eigenvalue weighted by molar-refractivity contribution is -0.123. The minimum absolute atomic E-state index is 0.0223. The van der Waals surface area contributed by atoms with E-state index >= 15 is 0 Å². The summed E-state index contributed by atoms with van der Waals surface area (Å²) in [6, 6.07) is 14.1. The zero-order valence-corrected chi connectivity index (χ0v) is 15.7. The van der Waals surface area contributed by atoms with E-state index in [-0.39, 0.29) is 24.2 Å². The highest BCUT2D eigenvalue weighted by molar-refractivity contribution is 5.78. The number of amides is 2. The van der Waals surface area contributed by atoms with E-state index < -0.39 is 0 Å². The minimum atomic E-state index is -0.272. The van der Waals surface area contributed by atoms with E-state index in [0.717, 1.165) is 24.0 Å². The molecule has 2 N–H and O–H groups in total. The van der Waals surface area contributed by atoms with E-state index in [9.17, 15) is 14.0 Å². The smallest absolute Gasteiger partial charge is 0.258 e. The molecule has 1 fully saturated rings. The van der Waals surface area contributed by atoms with Gasteiger partial charge in [-0.05, 0) is 61.1 Å². The molecule has 0 spiro atoms. The van der Waals surface area contributed by atoms with Crippen LogP contribution in [0.15, 0.2) is 48.5 Å². The molecule has 1 saturated carbocycles. The third kappa shape index (κ3) is 7.02. The standard InChI is InChI=1S/C22H25FN2O3/c23-18-6-1-16(2-7-18)5-12-21(26)24-14-13-17-3-10-20(11-4-17)28-15-22(27)25-19-8-9-19/h1-4,6-7,10-11,19H,5,8-9,12-15H2,(H,24,26)(H,25,27). The second kappa shape index (κ2) is 9.88. The van der Waals surface area contributed by atoms with Crippen molar-refractivity contribution in [3.8, 4) is 5.75 Å². The fourth-order valence-corrected chi connectivity index (χ4v) is 2.74. The molecule has 0 heterocycles. The number of hydrogen-bond acceptors (Lipinski definition) is 3. The Bertz CT molecular complexity index is 786. The number of benzene rings is 2. The predicted molar refractivity (Wildman–Crippen MR) is 105 cm³/mol. The van der Waals surface area contributed by atoms with Gasteiger partial charge >= 0.3 is 0 Å². The molecule has 0 aromatic heterocycles. The SMILES string of the molecule is O=C(CCc1ccc(F)cc1)NCCc1ccc(OCC(=O)NC2CC2)cc1. The van der Waals surface area contributed by atoms with E-state index in [4.69, 9.17) is 4.74 Å². The maximum atomic E-state index is 12.9. The first-order valence-electron chi connectivity index (χ1n) is 9.61. The Morgan fingerprint density at radius 2 is 1.57 bits per heavy atom. The van der Waals surface area contributed by atoms with Gasteiger partial charge < -0.3 is 15.4 Å². The highest BCUT2D eigenvalue weighted by Gasteiger charge is 2.23. The molecule has 5 nitrogen and oxygen atoms in total. The van der Waals surface area contributed by atoms with Crippen LogP contribution in [-0.2, 0) is 22.4 Å². The highest BCUT2D eigenvalue weighted by atomic mass is 19.1. The van der Waals surface area contributed by atoms with Gasteiger partial charge in [-0.15, -0.1) is 0 Å². The monoisotopic (exact) mass is 384 g/mol. The molecule has 2 aromatic carbocycles. The molecule has 0 unspecified atom stereocenters. The Morgan fingerprint density at radius 3 is 2.25 bits per heavy atom. The highest BCUT2D eigenvalue weighted by Crippen LogP contribution is 2.18. The second-order valence-electron chi connectivity index (χ2n) is 7.00. The zero-order valence-electron chi connectivity index (χ0n) is 15.7. The third-order valence-electron chi connectivity index (χ3n) is 4.53. The van der Waals surface area contributed by atoms with Crippen LogP contribution in [-0.4, -0.2) is 31.0 Å². The molecular weight excluding hydrogens is 359 g/mol. The number of ether oxygens (including phenoxy) is 1. The van der Waals surface area contributed by atoms with Crippen LogP contribution < -0.4 is 15.4 Å². The summed E-state index contributed by atoms with van der Waals surface area (Å²) < 4.78 is 18.3. The maximum Gasteiger partial charge on any atom is 0.258 e.